The van der Waals surface area contributed by atoms with Crippen LogP contribution in [0.5, 0.6) is 0 Å². The van der Waals surface area contributed by atoms with Crippen molar-refractivity contribution in [2.75, 3.05) is 13.1 Å². The fourth-order valence-electron chi connectivity index (χ4n) is 1.30. The van der Waals surface area contributed by atoms with Gasteiger partial charge in [-0.2, -0.15) is 0 Å². The summed E-state index contributed by atoms with van der Waals surface area (Å²) in [5, 5.41) is 9.54. The Balaban J connectivity index is 2.42. The Labute approximate surface area is 67.0 Å². The van der Waals surface area contributed by atoms with Crippen molar-refractivity contribution in [3.05, 3.63) is 0 Å². The number of hydrogen-bond acceptors (Lipinski definition) is 2. The molecule has 0 radical (unpaired) electrons. The molecule has 0 aromatic rings. The number of amides is 1. The van der Waals surface area contributed by atoms with Crippen LogP contribution in [0.4, 0.5) is 0 Å². The number of aliphatic hydroxyl groups is 1. The van der Waals surface area contributed by atoms with Crippen LogP contribution in [0.1, 0.15) is 26.7 Å². The van der Waals surface area contributed by atoms with Gasteiger partial charge in [-0.15, -0.1) is 0 Å². The Morgan fingerprint density at radius 3 is 2.27 bits per heavy atom. The summed E-state index contributed by atoms with van der Waals surface area (Å²) in [4.78, 5) is 12.6. The van der Waals surface area contributed by atoms with Crippen LogP contribution in [-0.2, 0) is 4.79 Å². The number of likely N-dealkylation sites (tertiary alicyclic amines) is 1. The van der Waals surface area contributed by atoms with Gasteiger partial charge in [-0.3, -0.25) is 4.79 Å². The van der Waals surface area contributed by atoms with Gasteiger partial charge in [0.25, 0.3) is 0 Å². The van der Waals surface area contributed by atoms with E-state index in [-0.39, 0.29) is 5.91 Å². The standard InChI is InChI=1S/C8H15NO2/c1-7(10)9-5-3-8(2,11)4-6-9/h11H,3-6H2,1-2H3. The Morgan fingerprint density at radius 2 is 1.91 bits per heavy atom. The summed E-state index contributed by atoms with van der Waals surface area (Å²) in [5.74, 6) is 0.112. The molecule has 1 saturated heterocycles. The SMILES string of the molecule is CC(=O)N1CCC(C)(O)CC1. The van der Waals surface area contributed by atoms with E-state index in [1.54, 1.807) is 11.8 Å². The molecule has 0 aromatic carbocycles. The summed E-state index contributed by atoms with van der Waals surface area (Å²) in [6, 6.07) is 0. The molecule has 3 heteroatoms. The zero-order valence-electron chi connectivity index (χ0n) is 7.13. The van der Waals surface area contributed by atoms with Crippen molar-refractivity contribution in [3.63, 3.8) is 0 Å². The Hall–Kier alpha value is -0.570. The third-order valence-corrected chi connectivity index (χ3v) is 2.29. The molecule has 11 heavy (non-hydrogen) atoms. The lowest BCUT2D eigenvalue weighted by Crippen LogP contribution is -2.44. The van der Waals surface area contributed by atoms with E-state index in [0.29, 0.717) is 25.9 Å². The molecule has 0 aromatic heterocycles. The van der Waals surface area contributed by atoms with Gasteiger partial charge in [0.1, 0.15) is 0 Å². The van der Waals surface area contributed by atoms with Crippen molar-refractivity contribution in [2.45, 2.75) is 32.3 Å². The summed E-state index contributed by atoms with van der Waals surface area (Å²) in [6.45, 7) is 4.79. The van der Waals surface area contributed by atoms with Crippen LogP contribution in [0.2, 0.25) is 0 Å². The van der Waals surface area contributed by atoms with Crippen LogP contribution in [-0.4, -0.2) is 34.6 Å². The Morgan fingerprint density at radius 1 is 1.45 bits per heavy atom. The second-order valence-electron chi connectivity index (χ2n) is 3.50. The molecule has 1 amide bonds. The predicted molar refractivity (Wildman–Crippen MR) is 42.1 cm³/mol. The Kier molecular flexibility index (Phi) is 2.18. The van der Waals surface area contributed by atoms with Gasteiger partial charge in [-0.25, -0.2) is 0 Å². The van der Waals surface area contributed by atoms with Gasteiger partial charge in [0.15, 0.2) is 0 Å². The average molecular weight is 157 g/mol. The first-order valence-electron chi connectivity index (χ1n) is 3.99. The number of rotatable bonds is 0. The highest BCUT2D eigenvalue weighted by molar-refractivity contribution is 5.73. The summed E-state index contributed by atoms with van der Waals surface area (Å²) in [6.07, 6.45) is 1.40. The molecule has 0 spiro atoms. The van der Waals surface area contributed by atoms with Crippen molar-refractivity contribution >= 4 is 5.91 Å². The van der Waals surface area contributed by atoms with Gasteiger partial charge in [-0.1, -0.05) is 0 Å². The summed E-state index contributed by atoms with van der Waals surface area (Å²) in [5.41, 5.74) is -0.550. The maximum atomic E-state index is 10.9. The van der Waals surface area contributed by atoms with E-state index in [1.165, 1.54) is 0 Å². The second kappa shape index (κ2) is 2.81. The lowest BCUT2D eigenvalue weighted by atomic mass is 9.94. The maximum Gasteiger partial charge on any atom is 0.219 e. The minimum Gasteiger partial charge on any atom is -0.390 e. The van der Waals surface area contributed by atoms with E-state index in [0.717, 1.165) is 0 Å². The summed E-state index contributed by atoms with van der Waals surface area (Å²) >= 11 is 0. The highest BCUT2D eigenvalue weighted by Gasteiger charge is 2.27. The normalized spacial score (nSPS) is 23.4. The van der Waals surface area contributed by atoms with Gasteiger partial charge in [-0.05, 0) is 19.8 Å². The minimum absolute atomic E-state index is 0.112. The molecule has 64 valence electrons. The molecule has 0 saturated carbocycles. The fourth-order valence-corrected chi connectivity index (χ4v) is 1.30. The molecule has 0 bridgehead atoms. The fraction of sp³-hybridized carbons (Fsp3) is 0.875. The Bertz CT molecular complexity index is 155. The molecule has 0 unspecified atom stereocenters. The highest BCUT2D eigenvalue weighted by Crippen LogP contribution is 2.20. The van der Waals surface area contributed by atoms with Crippen LogP contribution in [0, 0.1) is 0 Å². The van der Waals surface area contributed by atoms with E-state index in [4.69, 9.17) is 0 Å². The van der Waals surface area contributed by atoms with Crippen molar-refractivity contribution < 1.29 is 9.90 Å². The van der Waals surface area contributed by atoms with Crippen LogP contribution in [0.15, 0.2) is 0 Å². The quantitative estimate of drug-likeness (QED) is 0.552. The molecular weight excluding hydrogens is 142 g/mol. The molecule has 1 aliphatic heterocycles. The van der Waals surface area contributed by atoms with E-state index >= 15 is 0 Å². The number of nitrogens with zero attached hydrogens (tertiary/aromatic N) is 1. The van der Waals surface area contributed by atoms with Crippen LogP contribution >= 0.6 is 0 Å². The lowest BCUT2D eigenvalue weighted by Gasteiger charge is -2.35. The summed E-state index contributed by atoms with van der Waals surface area (Å²) in [7, 11) is 0. The molecule has 1 aliphatic rings. The number of hydrogen-bond donors (Lipinski definition) is 1. The van der Waals surface area contributed by atoms with Gasteiger partial charge in [0.2, 0.25) is 5.91 Å². The zero-order valence-corrected chi connectivity index (χ0v) is 7.13. The molecule has 0 aliphatic carbocycles. The number of carbonyl (C=O) groups is 1. The topological polar surface area (TPSA) is 40.5 Å². The molecule has 1 fully saturated rings. The number of piperidine rings is 1. The third-order valence-electron chi connectivity index (χ3n) is 2.29. The van der Waals surface area contributed by atoms with Gasteiger partial charge < -0.3 is 10.0 Å². The van der Waals surface area contributed by atoms with E-state index in [9.17, 15) is 9.90 Å². The first kappa shape index (κ1) is 8.53. The van der Waals surface area contributed by atoms with Crippen molar-refractivity contribution in [1.29, 1.82) is 0 Å². The first-order valence-corrected chi connectivity index (χ1v) is 3.99. The minimum atomic E-state index is -0.550. The molecular formula is C8H15NO2. The second-order valence-corrected chi connectivity index (χ2v) is 3.50. The zero-order chi connectivity index (χ0) is 8.48. The molecule has 1 rings (SSSR count). The van der Waals surface area contributed by atoms with E-state index in [1.807, 2.05) is 6.92 Å². The van der Waals surface area contributed by atoms with Crippen LogP contribution in [0.3, 0.4) is 0 Å². The van der Waals surface area contributed by atoms with Crippen molar-refractivity contribution in [2.24, 2.45) is 0 Å². The highest BCUT2D eigenvalue weighted by atomic mass is 16.3. The van der Waals surface area contributed by atoms with Gasteiger partial charge in [0, 0.05) is 20.0 Å². The molecule has 0 atom stereocenters. The largest absolute Gasteiger partial charge is 0.390 e. The number of carbonyl (C=O) groups excluding carboxylic acids is 1. The monoisotopic (exact) mass is 157 g/mol. The molecule has 1 N–H and O–H groups in total. The maximum absolute atomic E-state index is 10.9. The third kappa shape index (κ3) is 2.19. The smallest absolute Gasteiger partial charge is 0.219 e. The van der Waals surface area contributed by atoms with Gasteiger partial charge >= 0.3 is 0 Å². The molecule has 1 heterocycles. The summed E-state index contributed by atoms with van der Waals surface area (Å²) < 4.78 is 0. The van der Waals surface area contributed by atoms with Crippen LogP contribution in [0.25, 0.3) is 0 Å². The van der Waals surface area contributed by atoms with E-state index < -0.39 is 5.60 Å². The van der Waals surface area contributed by atoms with Crippen molar-refractivity contribution in [1.82, 2.24) is 4.90 Å². The predicted octanol–water partition coefficient (Wildman–Crippen LogP) is 0.380. The van der Waals surface area contributed by atoms with Crippen molar-refractivity contribution in [3.8, 4) is 0 Å². The first-order chi connectivity index (χ1) is 5.01. The van der Waals surface area contributed by atoms with Gasteiger partial charge in [0.05, 0.1) is 5.60 Å². The molecule has 3 nitrogen and oxygen atoms in total. The average Bonchev–Trinajstić information content (AvgIpc) is 1.86. The van der Waals surface area contributed by atoms with E-state index in [2.05, 4.69) is 0 Å². The lowest BCUT2D eigenvalue weighted by molar-refractivity contribution is -0.132. The van der Waals surface area contributed by atoms with Crippen LogP contribution < -0.4 is 0 Å².